The summed E-state index contributed by atoms with van der Waals surface area (Å²) in [7, 11) is 0. The molecule has 112 valence electrons. The molecular weight excluding hydrogens is 334 g/mol. The highest BCUT2D eigenvalue weighted by Gasteiger charge is 2.42. The molecule has 21 heavy (non-hydrogen) atoms. The molecule has 0 radical (unpaired) electrons. The summed E-state index contributed by atoms with van der Waals surface area (Å²) in [6.07, 6.45) is 7.20. The standard InChI is InChI=1S/C15H18BrN3O2/c16-10-6-7-13(17-9-10)18-12-8-14(20)19(15(12)21)11-4-2-1-3-5-11/h6-7,9,11-12H,1-5,8H2,(H,17,18). The average molecular weight is 352 g/mol. The molecule has 1 unspecified atom stereocenters. The van der Waals surface area contributed by atoms with Gasteiger partial charge in [0.15, 0.2) is 0 Å². The number of anilines is 1. The lowest BCUT2D eigenvalue weighted by molar-refractivity contribution is -0.141. The lowest BCUT2D eigenvalue weighted by Gasteiger charge is -2.29. The third kappa shape index (κ3) is 3.10. The second-order valence-electron chi connectivity index (χ2n) is 5.66. The molecule has 5 nitrogen and oxygen atoms in total. The Kier molecular flexibility index (Phi) is 4.24. The SMILES string of the molecule is O=C1CC(Nc2ccc(Br)cn2)C(=O)N1C1CCCCC1. The summed E-state index contributed by atoms with van der Waals surface area (Å²) in [6, 6.07) is 3.28. The maximum atomic E-state index is 12.5. The van der Waals surface area contributed by atoms with E-state index in [9.17, 15) is 9.59 Å². The van der Waals surface area contributed by atoms with Crippen LogP contribution in [0.3, 0.4) is 0 Å². The van der Waals surface area contributed by atoms with Crippen LogP contribution >= 0.6 is 15.9 Å². The van der Waals surface area contributed by atoms with Gasteiger partial charge in [-0.05, 0) is 40.9 Å². The van der Waals surface area contributed by atoms with E-state index in [-0.39, 0.29) is 24.3 Å². The molecule has 2 aliphatic rings. The molecule has 1 atom stereocenters. The molecule has 1 aromatic heterocycles. The first-order valence-electron chi connectivity index (χ1n) is 7.39. The van der Waals surface area contributed by atoms with Crippen LogP contribution in [0.15, 0.2) is 22.8 Å². The molecule has 0 aromatic carbocycles. The van der Waals surface area contributed by atoms with Crippen molar-refractivity contribution in [3.05, 3.63) is 22.8 Å². The summed E-state index contributed by atoms with van der Waals surface area (Å²) in [6.45, 7) is 0. The number of hydrogen-bond donors (Lipinski definition) is 1. The zero-order valence-corrected chi connectivity index (χ0v) is 13.3. The number of halogens is 1. The first-order valence-corrected chi connectivity index (χ1v) is 8.18. The van der Waals surface area contributed by atoms with Crippen LogP contribution < -0.4 is 5.32 Å². The Hall–Kier alpha value is -1.43. The maximum absolute atomic E-state index is 12.5. The number of pyridine rings is 1. The number of hydrogen-bond acceptors (Lipinski definition) is 4. The summed E-state index contributed by atoms with van der Waals surface area (Å²) in [5.41, 5.74) is 0. The normalized spacial score (nSPS) is 23.7. The predicted molar refractivity (Wildman–Crippen MR) is 82.7 cm³/mol. The summed E-state index contributed by atoms with van der Waals surface area (Å²) in [4.78, 5) is 30.4. The van der Waals surface area contributed by atoms with Crippen LogP contribution in [-0.4, -0.2) is 33.8 Å². The number of rotatable bonds is 3. The first kappa shape index (κ1) is 14.5. The Bertz CT molecular complexity index is 540. The third-order valence-electron chi connectivity index (χ3n) is 4.17. The van der Waals surface area contributed by atoms with Gasteiger partial charge in [-0.25, -0.2) is 4.98 Å². The zero-order valence-electron chi connectivity index (χ0n) is 11.7. The number of aromatic nitrogens is 1. The van der Waals surface area contributed by atoms with Gasteiger partial charge in [0.1, 0.15) is 11.9 Å². The van der Waals surface area contributed by atoms with E-state index in [1.807, 2.05) is 6.07 Å². The van der Waals surface area contributed by atoms with Gasteiger partial charge in [-0.15, -0.1) is 0 Å². The minimum atomic E-state index is -0.479. The molecule has 6 heteroatoms. The van der Waals surface area contributed by atoms with Gasteiger partial charge in [0.2, 0.25) is 5.91 Å². The molecule has 1 saturated carbocycles. The first-order chi connectivity index (χ1) is 10.1. The number of carbonyl (C=O) groups is 2. The zero-order chi connectivity index (χ0) is 14.8. The number of likely N-dealkylation sites (tertiary alicyclic amines) is 1. The van der Waals surface area contributed by atoms with E-state index in [4.69, 9.17) is 0 Å². The quantitative estimate of drug-likeness (QED) is 0.850. The van der Waals surface area contributed by atoms with E-state index in [0.717, 1.165) is 30.2 Å². The lowest BCUT2D eigenvalue weighted by atomic mass is 9.94. The van der Waals surface area contributed by atoms with Gasteiger partial charge in [0, 0.05) is 16.7 Å². The number of nitrogens with one attached hydrogen (secondary N) is 1. The minimum absolute atomic E-state index is 0.0542. The van der Waals surface area contributed by atoms with Crippen molar-refractivity contribution in [1.82, 2.24) is 9.88 Å². The maximum Gasteiger partial charge on any atom is 0.252 e. The smallest absolute Gasteiger partial charge is 0.252 e. The van der Waals surface area contributed by atoms with Crippen LogP contribution in [0.2, 0.25) is 0 Å². The Labute approximate surface area is 132 Å². The van der Waals surface area contributed by atoms with Gasteiger partial charge in [0.25, 0.3) is 5.91 Å². The van der Waals surface area contributed by atoms with Crippen LogP contribution in [0, 0.1) is 0 Å². The van der Waals surface area contributed by atoms with Crippen molar-refractivity contribution in [2.75, 3.05) is 5.32 Å². The number of carbonyl (C=O) groups excluding carboxylic acids is 2. The molecule has 3 rings (SSSR count). The fraction of sp³-hybridized carbons (Fsp3) is 0.533. The van der Waals surface area contributed by atoms with Crippen molar-refractivity contribution in [3.8, 4) is 0 Å². The van der Waals surface area contributed by atoms with Crippen LogP contribution in [0.1, 0.15) is 38.5 Å². The van der Waals surface area contributed by atoms with Crippen molar-refractivity contribution in [2.24, 2.45) is 0 Å². The third-order valence-corrected chi connectivity index (χ3v) is 4.64. The molecule has 1 aliphatic carbocycles. The monoisotopic (exact) mass is 351 g/mol. The van der Waals surface area contributed by atoms with E-state index < -0.39 is 6.04 Å². The Morgan fingerprint density at radius 3 is 2.62 bits per heavy atom. The van der Waals surface area contributed by atoms with E-state index in [2.05, 4.69) is 26.2 Å². The second-order valence-corrected chi connectivity index (χ2v) is 6.57. The van der Waals surface area contributed by atoms with Crippen LogP contribution in [0.4, 0.5) is 5.82 Å². The molecule has 1 aromatic rings. The highest BCUT2D eigenvalue weighted by molar-refractivity contribution is 9.10. The van der Waals surface area contributed by atoms with Crippen LogP contribution in [0.5, 0.6) is 0 Å². The molecule has 1 N–H and O–H groups in total. The molecular formula is C15H18BrN3O2. The molecule has 0 spiro atoms. The molecule has 2 fully saturated rings. The summed E-state index contributed by atoms with van der Waals surface area (Å²) in [5, 5.41) is 3.07. The topological polar surface area (TPSA) is 62.3 Å². The summed E-state index contributed by atoms with van der Waals surface area (Å²) in [5.74, 6) is 0.466. The van der Waals surface area contributed by atoms with Gasteiger partial charge in [0.05, 0.1) is 6.42 Å². The second kappa shape index (κ2) is 6.13. The van der Waals surface area contributed by atoms with E-state index in [0.29, 0.717) is 5.82 Å². The molecule has 0 bridgehead atoms. The van der Waals surface area contributed by atoms with Crippen molar-refractivity contribution in [3.63, 3.8) is 0 Å². The van der Waals surface area contributed by atoms with Gasteiger partial charge in [-0.1, -0.05) is 19.3 Å². The van der Waals surface area contributed by atoms with E-state index >= 15 is 0 Å². The average Bonchev–Trinajstić information content (AvgIpc) is 2.77. The largest absolute Gasteiger partial charge is 0.358 e. The minimum Gasteiger partial charge on any atom is -0.358 e. The number of imide groups is 1. The molecule has 2 amide bonds. The van der Waals surface area contributed by atoms with Crippen LogP contribution in [0.25, 0.3) is 0 Å². The Morgan fingerprint density at radius 2 is 1.95 bits per heavy atom. The fourth-order valence-corrected chi connectivity index (χ4v) is 3.36. The van der Waals surface area contributed by atoms with Gasteiger partial charge in [-0.2, -0.15) is 0 Å². The van der Waals surface area contributed by atoms with Gasteiger partial charge < -0.3 is 5.32 Å². The lowest BCUT2D eigenvalue weighted by Crippen LogP contribution is -2.43. The van der Waals surface area contributed by atoms with E-state index in [1.54, 1.807) is 12.3 Å². The molecule has 1 aliphatic heterocycles. The number of amides is 2. The highest BCUT2D eigenvalue weighted by Crippen LogP contribution is 2.28. The predicted octanol–water partition coefficient (Wildman–Crippen LogP) is 2.72. The highest BCUT2D eigenvalue weighted by atomic mass is 79.9. The Balaban J connectivity index is 1.69. The molecule has 2 heterocycles. The van der Waals surface area contributed by atoms with Crippen molar-refractivity contribution >= 4 is 33.6 Å². The van der Waals surface area contributed by atoms with E-state index in [1.165, 1.54) is 11.3 Å². The van der Waals surface area contributed by atoms with Crippen molar-refractivity contribution in [1.29, 1.82) is 0 Å². The van der Waals surface area contributed by atoms with Gasteiger partial charge >= 0.3 is 0 Å². The van der Waals surface area contributed by atoms with Crippen LogP contribution in [-0.2, 0) is 9.59 Å². The number of nitrogens with zero attached hydrogens (tertiary/aromatic N) is 2. The summed E-state index contributed by atoms with van der Waals surface area (Å²) >= 11 is 3.32. The van der Waals surface area contributed by atoms with Crippen molar-refractivity contribution in [2.45, 2.75) is 50.6 Å². The summed E-state index contributed by atoms with van der Waals surface area (Å²) < 4.78 is 0.880. The van der Waals surface area contributed by atoms with Gasteiger partial charge in [-0.3, -0.25) is 14.5 Å². The van der Waals surface area contributed by atoms with Crippen molar-refractivity contribution < 1.29 is 9.59 Å². The Morgan fingerprint density at radius 1 is 1.19 bits per heavy atom. The molecule has 1 saturated heterocycles. The fourth-order valence-electron chi connectivity index (χ4n) is 3.13.